The summed E-state index contributed by atoms with van der Waals surface area (Å²) in [7, 11) is 5.60. The van der Waals surface area contributed by atoms with E-state index < -0.39 is 0 Å². The molecule has 0 radical (unpaired) electrons. The molecule has 3 rings (SSSR count). The second-order valence-electron chi connectivity index (χ2n) is 6.85. The number of nitrogens with one attached hydrogen (secondary N) is 2. The van der Waals surface area contributed by atoms with E-state index in [9.17, 15) is 4.79 Å². The summed E-state index contributed by atoms with van der Waals surface area (Å²) in [5.74, 6) is 0.815. The number of ether oxygens (including phenoxy) is 1. The predicted molar refractivity (Wildman–Crippen MR) is 116 cm³/mol. The molecule has 0 bridgehead atoms. The molecule has 2 amide bonds. The number of amides is 2. The monoisotopic (exact) mass is 411 g/mol. The fourth-order valence-corrected chi connectivity index (χ4v) is 3.64. The lowest BCUT2D eigenvalue weighted by molar-refractivity contribution is 0.244. The first-order chi connectivity index (χ1) is 14.0. The van der Waals surface area contributed by atoms with Crippen molar-refractivity contribution in [2.45, 2.75) is 12.5 Å². The summed E-state index contributed by atoms with van der Waals surface area (Å²) < 4.78 is 5.17. The van der Waals surface area contributed by atoms with Crippen molar-refractivity contribution >= 4 is 22.5 Å². The normalized spacial score (nSPS) is 11.9. The number of benzene rings is 2. The van der Waals surface area contributed by atoms with E-state index in [-0.39, 0.29) is 12.1 Å². The number of hydrogen-bond donors (Lipinski definition) is 2. The van der Waals surface area contributed by atoms with Crippen LogP contribution in [0.3, 0.4) is 0 Å². The number of carbonyl (C=O) groups is 1. The van der Waals surface area contributed by atoms with Crippen molar-refractivity contribution in [3.8, 4) is 5.75 Å². The van der Waals surface area contributed by atoms with E-state index in [4.69, 9.17) is 4.74 Å². The minimum Gasteiger partial charge on any atom is -0.497 e. The van der Waals surface area contributed by atoms with E-state index in [1.54, 1.807) is 7.11 Å². The lowest BCUT2D eigenvalue weighted by Crippen LogP contribution is -2.37. The molecule has 0 aliphatic rings. The van der Waals surface area contributed by atoms with Crippen LogP contribution < -0.4 is 15.4 Å². The molecule has 7 nitrogen and oxygen atoms in total. The van der Waals surface area contributed by atoms with Crippen LogP contribution in [0.25, 0.3) is 0 Å². The van der Waals surface area contributed by atoms with Gasteiger partial charge in [0, 0.05) is 13.0 Å². The molecule has 29 heavy (non-hydrogen) atoms. The van der Waals surface area contributed by atoms with Gasteiger partial charge in [0.15, 0.2) is 0 Å². The zero-order chi connectivity index (χ0) is 20.6. The van der Waals surface area contributed by atoms with Gasteiger partial charge >= 0.3 is 6.03 Å². The summed E-state index contributed by atoms with van der Waals surface area (Å²) in [6, 6.07) is 17.3. The van der Waals surface area contributed by atoms with E-state index in [1.807, 2.05) is 73.6 Å². The Labute approximate surface area is 174 Å². The minimum atomic E-state index is -0.298. The van der Waals surface area contributed by atoms with Crippen molar-refractivity contribution in [3.05, 3.63) is 70.7 Å². The van der Waals surface area contributed by atoms with Gasteiger partial charge in [0.25, 0.3) is 0 Å². The number of nitrogens with zero attached hydrogens (tertiary/aromatic N) is 3. The molecule has 1 atom stereocenters. The molecule has 2 N–H and O–H groups in total. The van der Waals surface area contributed by atoms with Crippen molar-refractivity contribution in [1.82, 2.24) is 20.4 Å². The molecule has 152 valence electrons. The van der Waals surface area contributed by atoms with Crippen LogP contribution in [0.15, 0.2) is 54.6 Å². The van der Waals surface area contributed by atoms with Crippen molar-refractivity contribution in [2.75, 3.05) is 33.1 Å². The maximum absolute atomic E-state index is 12.5. The van der Waals surface area contributed by atoms with Gasteiger partial charge in [-0.25, -0.2) is 4.79 Å². The third kappa shape index (κ3) is 6.27. The van der Waals surface area contributed by atoms with E-state index >= 15 is 0 Å². The molecule has 0 fully saturated rings. The average molecular weight is 412 g/mol. The van der Waals surface area contributed by atoms with Crippen molar-refractivity contribution in [1.29, 1.82) is 0 Å². The predicted octanol–water partition coefficient (Wildman–Crippen LogP) is 3.56. The fourth-order valence-electron chi connectivity index (χ4n) is 2.87. The first-order valence-electron chi connectivity index (χ1n) is 9.26. The summed E-state index contributed by atoms with van der Waals surface area (Å²) in [4.78, 5) is 14.5. The van der Waals surface area contributed by atoms with Gasteiger partial charge in [-0.1, -0.05) is 53.8 Å². The highest BCUT2D eigenvalue weighted by molar-refractivity contribution is 7.15. The summed E-state index contributed by atoms with van der Waals surface area (Å²) in [6.07, 6.45) is 0.651. The van der Waals surface area contributed by atoms with Crippen LogP contribution in [0.5, 0.6) is 5.75 Å². The molecular formula is C21H25N5O2S. The summed E-state index contributed by atoms with van der Waals surface area (Å²) in [5.41, 5.74) is 2.15. The number of rotatable bonds is 8. The van der Waals surface area contributed by atoms with Gasteiger partial charge in [-0.05, 0) is 37.4 Å². The Hall–Kier alpha value is -2.97. The molecule has 0 spiro atoms. The van der Waals surface area contributed by atoms with Gasteiger partial charge in [0.1, 0.15) is 10.8 Å². The molecule has 8 heteroatoms. The number of carbonyl (C=O) groups excluding carboxylic acids is 1. The molecule has 2 aromatic carbocycles. The highest BCUT2D eigenvalue weighted by atomic mass is 32.1. The van der Waals surface area contributed by atoms with Crippen LogP contribution in [-0.4, -0.2) is 48.9 Å². The lowest BCUT2D eigenvalue weighted by Gasteiger charge is -2.22. The topological polar surface area (TPSA) is 79.4 Å². The molecule has 3 aromatic rings. The Bertz CT molecular complexity index is 912. The van der Waals surface area contributed by atoms with Gasteiger partial charge in [0.05, 0.1) is 13.2 Å². The Morgan fingerprint density at radius 3 is 2.48 bits per heavy atom. The number of aromatic nitrogens is 2. The molecule has 0 saturated carbocycles. The van der Waals surface area contributed by atoms with E-state index in [2.05, 4.69) is 20.8 Å². The quantitative estimate of drug-likeness (QED) is 0.592. The molecule has 0 aliphatic carbocycles. The standard InChI is InChI=1S/C21H25N5O2S/c1-26(2)14-18(16-7-5-4-6-8-16)22-20(27)23-21-25-24-19(29-21)13-15-9-11-17(28-3)12-10-15/h4-12,18H,13-14H2,1-3H3,(H2,22,23,25,27). The van der Waals surface area contributed by atoms with Crippen molar-refractivity contribution in [3.63, 3.8) is 0 Å². The maximum atomic E-state index is 12.5. The van der Waals surface area contributed by atoms with Gasteiger partial charge in [-0.3, -0.25) is 5.32 Å². The van der Waals surface area contributed by atoms with Crippen LogP contribution in [0.2, 0.25) is 0 Å². The Morgan fingerprint density at radius 2 is 1.83 bits per heavy atom. The van der Waals surface area contributed by atoms with Crippen LogP contribution in [0, 0.1) is 0 Å². The molecule has 1 aromatic heterocycles. The summed E-state index contributed by atoms with van der Waals surface area (Å²) in [5, 5.41) is 15.4. The van der Waals surface area contributed by atoms with Gasteiger partial charge in [-0.15, -0.1) is 10.2 Å². The highest BCUT2D eigenvalue weighted by Crippen LogP contribution is 2.20. The van der Waals surface area contributed by atoms with E-state index in [0.29, 0.717) is 18.1 Å². The lowest BCUT2D eigenvalue weighted by atomic mass is 10.1. The van der Waals surface area contributed by atoms with Crippen LogP contribution in [-0.2, 0) is 6.42 Å². The van der Waals surface area contributed by atoms with Crippen LogP contribution >= 0.6 is 11.3 Å². The smallest absolute Gasteiger partial charge is 0.321 e. The number of methoxy groups -OCH3 is 1. The summed E-state index contributed by atoms with van der Waals surface area (Å²) >= 11 is 1.37. The Balaban J connectivity index is 1.59. The molecule has 1 heterocycles. The van der Waals surface area contributed by atoms with Crippen molar-refractivity contribution < 1.29 is 9.53 Å². The Morgan fingerprint density at radius 1 is 1.10 bits per heavy atom. The molecule has 0 aliphatic heterocycles. The molecule has 0 saturated heterocycles. The zero-order valence-electron chi connectivity index (χ0n) is 16.8. The number of urea groups is 1. The van der Waals surface area contributed by atoms with Gasteiger partial charge in [-0.2, -0.15) is 0 Å². The van der Waals surface area contributed by atoms with Gasteiger partial charge < -0.3 is 15.0 Å². The summed E-state index contributed by atoms with van der Waals surface area (Å²) in [6.45, 7) is 0.691. The molecule has 1 unspecified atom stereocenters. The number of hydrogen-bond acceptors (Lipinski definition) is 6. The highest BCUT2D eigenvalue weighted by Gasteiger charge is 2.16. The van der Waals surface area contributed by atoms with Crippen LogP contribution in [0.1, 0.15) is 22.2 Å². The SMILES string of the molecule is COc1ccc(Cc2nnc(NC(=O)NC(CN(C)C)c3ccccc3)s2)cc1. The maximum Gasteiger partial charge on any atom is 0.321 e. The zero-order valence-corrected chi connectivity index (χ0v) is 17.6. The Kier molecular flexibility index (Phi) is 7.15. The molecular weight excluding hydrogens is 386 g/mol. The first-order valence-corrected chi connectivity index (χ1v) is 10.1. The van der Waals surface area contributed by atoms with Crippen LogP contribution in [0.4, 0.5) is 9.93 Å². The minimum absolute atomic E-state index is 0.127. The first kappa shape index (κ1) is 20.8. The number of anilines is 1. The second kappa shape index (κ2) is 9.99. The third-order valence-electron chi connectivity index (χ3n) is 4.26. The van der Waals surface area contributed by atoms with Crippen molar-refractivity contribution in [2.24, 2.45) is 0 Å². The van der Waals surface area contributed by atoms with Gasteiger partial charge in [0.2, 0.25) is 5.13 Å². The number of likely N-dealkylation sites (N-methyl/N-ethyl adjacent to an activating group) is 1. The average Bonchev–Trinajstić information content (AvgIpc) is 3.15. The third-order valence-corrected chi connectivity index (χ3v) is 5.10. The fraction of sp³-hybridized carbons (Fsp3) is 0.286. The second-order valence-corrected chi connectivity index (χ2v) is 7.91. The van der Waals surface area contributed by atoms with E-state index in [0.717, 1.165) is 21.9 Å². The van der Waals surface area contributed by atoms with E-state index in [1.165, 1.54) is 11.3 Å². The largest absolute Gasteiger partial charge is 0.497 e.